The van der Waals surface area contributed by atoms with E-state index in [1.807, 2.05) is 23.6 Å². The Morgan fingerprint density at radius 1 is 1.21 bits per heavy atom. The zero-order valence-corrected chi connectivity index (χ0v) is 19.5. The monoisotopic (exact) mass is 446 g/mol. The predicted molar refractivity (Wildman–Crippen MR) is 121 cm³/mol. The first-order valence-corrected chi connectivity index (χ1v) is 13.8. The minimum absolute atomic E-state index is 0.320. The molecule has 1 aromatic carbocycles. The number of nitrogens with zero attached hydrogens (tertiary/aromatic N) is 3. The molecule has 29 heavy (non-hydrogen) atoms. The van der Waals surface area contributed by atoms with Gasteiger partial charge in [-0.25, -0.2) is 0 Å². The molecule has 1 N–H and O–H groups in total. The third kappa shape index (κ3) is 4.93. The van der Waals surface area contributed by atoms with E-state index in [-0.39, 0.29) is 0 Å². The Balaban J connectivity index is 2.09. The number of benzene rings is 1. The summed E-state index contributed by atoms with van der Waals surface area (Å²) in [6.07, 6.45) is 1.76. The van der Waals surface area contributed by atoms with Gasteiger partial charge in [-0.3, -0.25) is 5.10 Å². The Hall–Kier alpha value is -2.04. The molecular formula is C21H24Cl2N4OSi. The van der Waals surface area contributed by atoms with Gasteiger partial charge in [0.15, 0.2) is 0 Å². The van der Waals surface area contributed by atoms with Gasteiger partial charge in [0.1, 0.15) is 12.8 Å². The number of rotatable bonds is 7. The van der Waals surface area contributed by atoms with Crippen LogP contribution in [0, 0.1) is 18.3 Å². The molecule has 0 spiro atoms. The summed E-state index contributed by atoms with van der Waals surface area (Å²) < 4.78 is 8.04. The maximum absolute atomic E-state index is 9.82. The molecule has 0 radical (unpaired) electrons. The fraction of sp³-hybridized carbons (Fsp3) is 0.333. The molecule has 152 valence electrons. The van der Waals surface area contributed by atoms with Crippen molar-refractivity contribution in [3.63, 3.8) is 0 Å². The Labute approximate surface area is 182 Å². The van der Waals surface area contributed by atoms with Gasteiger partial charge in [0.25, 0.3) is 0 Å². The van der Waals surface area contributed by atoms with E-state index in [1.165, 1.54) is 0 Å². The number of nitriles is 1. The van der Waals surface area contributed by atoms with Crippen LogP contribution in [-0.2, 0) is 11.5 Å². The normalized spacial score (nSPS) is 11.6. The summed E-state index contributed by atoms with van der Waals surface area (Å²) in [6.45, 7) is 9.90. The van der Waals surface area contributed by atoms with Gasteiger partial charge in [-0.1, -0.05) is 42.8 Å². The zero-order chi connectivity index (χ0) is 21.2. The largest absolute Gasteiger partial charge is 0.361 e. The number of halogens is 2. The minimum Gasteiger partial charge on any atom is -0.361 e. The van der Waals surface area contributed by atoms with Crippen LogP contribution in [0.3, 0.4) is 0 Å². The second kappa shape index (κ2) is 8.76. The van der Waals surface area contributed by atoms with Gasteiger partial charge in [-0.15, -0.1) is 0 Å². The fourth-order valence-electron chi connectivity index (χ4n) is 3.11. The molecule has 0 aliphatic heterocycles. The molecule has 3 aromatic rings. The van der Waals surface area contributed by atoms with Crippen molar-refractivity contribution in [3.05, 3.63) is 51.8 Å². The number of aromatic amines is 1. The molecule has 0 bridgehead atoms. The number of hydrogen-bond acceptors (Lipinski definition) is 3. The fourth-order valence-corrected chi connectivity index (χ4v) is 4.36. The second-order valence-electron chi connectivity index (χ2n) is 8.21. The van der Waals surface area contributed by atoms with E-state index in [4.69, 9.17) is 27.9 Å². The van der Waals surface area contributed by atoms with Crippen LogP contribution < -0.4 is 0 Å². The highest BCUT2D eigenvalue weighted by atomic mass is 35.5. The quantitative estimate of drug-likeness (QED) is 0.339. The van der Waals surface area contributed by atoms with Gasteiger partial charge in [0, 0.05) is 36.5 Å². The van der Waals surface area contributed by atoms with Crippen molar-refractivity contribution in [1.29, 1.82) is 5.26 Å². The van der Waals surface area contributed by atoms with Crippen LogP contribution in [-0.4, -0.2) is 29.4 Å². The summed E-state index contributed by atoms with van der Waals surface area (Å²) in [5.41, 5.74) is 4.70. The van der Waals surface area contributed by atoms with Crippen LogP contribution in [0.4, 0.5) is 0 Å². The number of ether oxygens (including phenoxy) is 1. The van der Waals surface area contributed by atoms with Gasteiger partial charge in [0.2, 0.25) is 0 Å². The maximum atomic E-state index is 9.82. The first kappa shape index (κ1) is 21.7. The molecule has 0 unspecified atom stereocenters. The number of H-pyrrole nitrogens is 1. The van der Waals surface area contributed by atoms with Crippen LogP contribution >= 0.6 is 23.2 Å². The summed E-state index contributed by atoms with van der Waals surface area (Å²) in [5.74, 6) is 0. The van der Waals surface area contributed by atoms with Crippen LogP contribution in [0.1, 0.15) is 11.3 Å². The van der Waals surface area contributed by atoms with Gasteiger partial charge >= 0.3 is 0 Å². The third-order valence-electron chi connectivity index (χ3n) is 4.73. The highest BCUT2D eigenvalue weighted by molar-refractivity contribution is 6.76. The molecule has 0 amide bonds. The third-order valence-corrected chi connectivity index (χ3v) is 6.98. The lowest BCUT2D eigenvalue weighted by Crippen LogP contribution is -2.22. The first-order chi connectivity index (χ1) is 13.7. The number of aryl methyl sites for hydroxylation is 1. The number of nitrogens with one attached hydrogen (secondary N) is 1. The Morgan fingerprint density at radius 2 is 1.97 bits per heavy atom. The standard InChI is InChI=1S/C21H24Cl2N4OSi/c1-14-18(12-25-26-14)20-9-15(11-24)21(17-6-5-16(22)10-19(17)23)27(20)13-28-7-8-29(2,3)4/h5-6,9-10,12H,7-8,13H2,1-4H3,(H,25,26). The smallest absolute Gasteiger partial charge is 0.123 e. The van der Waals surface area contributed by atoms with E-state index in [9.17, 15) is 5.26 Å². The van der Waals surface area contributed by atoms with E-state index in [2.05, 4.69) is 35.9 Å². The molecule has 8 heteroatoms. The molecule has 2 heterocycles. The summed E-state index contributed by atoms with van der Waals surface area (Å²) in [4.78, 5) is 0. The van der Waals surface area contributed by atoms with Crippen LogP contribution in [0.5, 0.6) is 0 Å². The molecule has 0 aliphatic rings. The Kier molecular flexibility index (Phi) is 6.54. The average Bonchev–Trinajstić information content (AvgIpc) is 3.21. The molecule has 5 nitrogen and oxygen atoms in total. The lowest BCUT2D eigenvalue weighted by atomic mass is 10.1. The summed E-state index contributed by atoms with van der Waals surface area (Å²) in [5, 5.41) is 18.0. The minimum atomic E-state index is -1.20. The van der Waals surface area contributed by atoms with Crippen molar-refractivity contribution in [1.82, 2.24) is 14.8 Å². The molecule has 0 saturated heterocycles. The highest BCUT2D eigenvalue weighted by Gasteiger charge is 2.22. The van der Waals surface area contributed by atoms with Crippen molar-refractivity contribution in [3.8, 4) is 28.6 Å². The van der Waals surface area contributed by atoms with E-state index in [0.717, 1.165) is 34.3 Å². The van der Waals surface area contributed by atoms with Crippen molar-refractivity contribution in [2.24, 2.45) is 0 Å². The van der Waals surface area contributed by atoms with Gasteiger partial charge in [-0.2, -0.15) is 10.4 Å². The van der Waals surface area contributed by atoms with E-state index < -0.39 is 8.07 Å². The van der Waals surface area contributed by atoms with E-state index >= 15 is 0 Å². The zero-order valence-electron chi connectivity index (χ0n) is 17.0. The van der Waals surface area contributed by atoms with Gasteiger partial charge in [-0.05, 0) is 37.2 Å². The molecule has 2 aromatic heterocycles. The van der Waals surface area contributed by atoms with E-state index in [1.54, 1.807) is 18.3 Å². The molecule has 0 atom stereocenters. The summed E-state index contributed by atoms with van der Waals surface area (Å²) >= 11 is 12.6. The number of hydrogen-bond donors (Lipinski definition) is 1. The van der Waals surface area contributed by atoms with Crippen LogP contribution in [0.15, 0.2) is 30.5 Å². The SMILES string of the molecule is Cc1[nH]ncc1-c1cc(C#N)c(-c2ccc(Cl)cc2Cl)n1COCC[Si](C)(C)C. The Bertz CT molecular complexity index is 1060. The van der Waals surface area contributed by atoms with Gasteiger partial charge < -0.3 is 9.30 Å². The summed E-state index contributed by atoms with van der Waals surface area (Å²) in [7, 11) is -1.20. The van der Waals surface area contributed by atoms with Crippen molar-refractivity contribution in [2.75, 3.05) is 6.61 Å². The molecule has 0 saturated carbocycles. The van der Waals surface area contributed by atoms with E-state index in [0.29, 0.717) is 28.9 Å². The Morgan fingerprint density at radius 3 is 2.55 bits per heavy atom. The molecule has 0 aliphatic carbocycles. The van der Waals surface area contributed by atoms with Crippen molar-refractivity contribution >= 4 is 31.3 Å². The summed E-state index contributed by atoms with van der Waals surface area (Å²) in [6, 6.07) is 10.5. The average molecular weight is 447 g/mol. The van der Waals surface area contributed by atoms with Gasteiger partial charge in [0.05, 0.1) is 28.2 Å². The molecule has 0 fully saturated rings. The highest BCUT2D eigenvalue weighted by Crippen LogP contribution is 2.37. The predicted octanol–water partition coefficient (Wildman–Crippen LogP) is 6.34. The lowest BCUT2D eigenvalue weighted by molar-refractivity contribution is 0.0896. The number of aromatic nitrogens is 3. The maximum Gasteiger partial charge on any atom is 0.123 e. The molecule has 3 rings (SSSR count). The molecular weight excluding hydrogens is 423 g/mol. The first-order valence-electron chi connectivity index (χ1n) is 9.38. The second-order valence-corrected chi connectivity index (χ2v) is 14.7. The van der Waals surface area contributed by atoms with Crippen LogP contribution in [0.2, 0.25) is 35.7 Å². The topological polar surface area (TPSA) is 66.6 Å². The van der Waals surface area contributed by atoms with Crippen molar-refractivity contribution in [2.45, 2.75) is 39.3 Å². The van der Waals surface area contributed by atoms with Crippen LogP contribution in [0.25, 0.3) is 22.5 Å². The van der Waals surface area contributed by atoms with Crippen molar-refractivity contribution < 1.29 is 4.74 Å². The lowest BCUT2D eigenvalue weighted by Gasteiger charge is -2.18.